The third kappa shape index (κ3) is 5.42. The number of hydrazone groups is 1. The van der Waals surface area contributed by atoms with Crippen molar-refractivity contribution >= 4 is 62.6 Å². The van der Waals surface area contributed by atoms with Crippen LogP contribution in [-0.2, 0) is 6.61 Å². The molecule has 0 spiro atoms. The number of halogens is 3. The average Bonchev–Trinajstić information content (AvgIpc) is 3.25. The molecule has 1 heterocycles. The van der Waals surface area contributed by atoms with E-state index < -0.39 is 0 Å². The smallest absolute Gasteiger partial charge is 0.174 e. The van der Waals surface area contributed by atoms with Gasteiger partial charge in [0.2, 0.25) is 0 Å². The van der Waals surface area contributed by atoms with Crippen LogP contribution in [0.3, 0.4) is 0 Å². The molecule has 0 fully saturated rings. The van der Waals surface area contributed by atoms with Gasteiger partial charge in [0.15, 0.2) is 11.5 Å². The van der Waals surface area contributed by atoms with Crippen LogP contribution >= 0.6 is 57.6 Å². The van der Waals surface area contributed by atoms with Crippen molar-refractivity contribution in [1.29, 1.82) is 0 Å². The Labute approximate surface area is 209 Å². The highest BCUT2D eigenvalue weighted by Gasteiger charge is 2.24. The fourth-order valence-corrected chi connectivity index (χ4v) is 5.29. The molecule has 0 bridgehead atoms. The zero-order chi connectivity index (χ0) is 21.8. The maximum absolute atomic E-state index is 6.29. The molecule has 0 aromatic heterocycles. The first-order valence-corrected chi connectivity index (χ1v) is 12.3. The van der Waals surface area contributed by atoms with E-state index in [0.717, 1.165) is 25.3 Å². The number of ether oxygens (including phenoxy) is 2. The van der Waals surface area contributed by atoms with E-state index in [0.29, 0.717) is 34.8 Å². The summed E-state index contributed by atoms with van der Waals surface area (Å²) in [6.45, 7) is 2.82. The molecule has 0 amide bonds. The molecule has 1 aliphatic heterocycles. The Hall–Kier alpha value is -1.61. The molecule has 0 saturated heterocycles. The fourth-order valence-electron chi connectivity index (χ4n) is 3.07. The van der Waals surface area contributed by atoms with E-state index in [1.54, 1.807) is 23.9 Å². The van der Waals surface area contributed by atoms with Crippen molar-refractivity contribution in [3.05, 3.63) is 91.0 Å². The third-order valence-electron chi connectivity index (χ3n) is 4.56. The summed E-state index contributed by atoms with van der Waals surface area (Å²) < 4.78 is 13.0. The van der Waals surface area contributed by atoms with Gasteiger partial charge >= 0.3 is 0 Å². The number of thioether (sulfide) groups is 1. The normalized spacial score (nSPS) is 15.4. The number of benzene rings is 3. The summed E-state index contributed by atoms with van der Waals surface area (Å²) in [5.74, 6) is 1.40. The quantitative estimate of drug-likeness (QED) is 0.297. The lowest BCUT2D eigenvalue weighted by Gasteiger charge is -2.18. The minimum atomic E-state index is 0.00249. The number of rotatable bonds is 7. The minimum absolute atomic E-state index is 0.00249. The first-order chi connectivity index (χ1) is 15.0. The van der Waals surface area contributed by atoms with Crippen LogP contribution in [0.5, 0.6) is 11.5 Å². The fraction of sp³-hybridized carbons (Fsp3) is 0.174. The molecule has 1 atom stereocenters. The molecule has 0 radical (unpaired) electrons. The lowest BCUT2D eigenvalue weighted by Crippen LogP contribution is -2.09. The second-order valence-corrected chi connectivity index (χ2v) is 9.80. The minimum Gasteiger partial charge on any atom is -0.490 e. The van der Waals surface area contributed by atoms with Gasteiger partial charge < -0.3 is 9.47 Å². The van der Waals surface area contributed by atoms with Crippen LogP contribution in [0.15, 0.2) is 65.8 Å². The van der Waals surface area contributed by atoms with Gasteiger partial charge in [0.1, 0.15) is 17.0 Å². The lowest BCUT2D eigenvalue weighted by atomic mass is 10.2. The Kier molecular flexibility index (Phi) is 7.53. The Bertz CT molecular complexity index is 1110. The van der Waals surface area contributed by atoms with Crippen molar-refractivity contribution in [2.75, 3.05) is 6.61 Å². The zero-order valence-electron chi connectivity index (χ0n) is 16.6. The van der Waals surface area contributed by atoms with Gasteiger partial charge in [-0.05, 0) is 59.3 Å². The van der Waals surface area contributed by atoms with Crippen LogP contribution in [-0.4, -0.2) is 11.7 Å². The van der Waals surface area contributed by atoms with Gasteiger partial charge in [-0.1, -0.05) is 71.4 Å². The molecule has 160 valence electrons. The number of hydrogen-bond donors (Lipinski definition) is 1. The van der Waals surface area contributed by atoms with Crippen LogP contribution in [0.4, 0.5) is 0 Å². The molecule has 0 aliphatic carbocycles. The second kappa shape index (κ2) is 10.3. The van der Waals surface area contributed by atoms with Gasteiger partial charge in [0, 0.05) is 21.2 Å². The third-order valence-corrected chi connectivity index (χ3v) is 7.11. The molecule has 4 rings (SSSR count). The van der Waals surface area contributed by atoms with Gasteiger partial charge in [0.05, 0.1) is 10.2 Å². The zero-order valence-corrected chi connectivity index (χ0v) is 21.1. The molecule has 4 nitrogen and oxygen atoms in total. The number of hydrogen-bond acceptors (Lipinski definition) is 5. The topological polar surface area (TPSA) is 42.8 Å². The van der Waals surface area contributed by atoms with Crippen molar-refractivity contribution in [3.63, 3.8) is 0 Å². The van der Waals surface area contributed by atoms with E-state index in [9.17, 15) is 0 Å². The predicted molar refractivity (Wildman–Crippen MR) is 138 cm³/mol. The molecule has 0 saturated carbocycles. The first kappa shape index (κ1) is 22.6. The first-order valence-electron chi connectivity index (χ1n) is 9.63. The number of nitrogens with one attached hydrogen (secondary N) is 1. The van der Waals surface area contributed by atoms with Crippen molar-refractivity contribution in [2.24, 2.45) is 5.10 Å². The van der Waals surface area contributed by atoms with Crippen molar-refractivity contribution in [2.45, 2.75) is 18.9 Å². The molecule has 8 heteroatoms. The van der Waals surface area contributed by atoms with Crippen LogP contribution < -0.4 is 14.9 Å². The standard InChI is InChI=1S/C23H19Cl2IN2O2S/c1-2-29-20-11-16(23-28-27-22(31-23)14-6-4-3-5-7-14)10-19(26)21(20)30-13-15-8-9-17(24)12-18(15)25/h3-12,23,28H,2,13H2,1H3/t23-/m0/s1. The largest absolute Gasteiger partial charge is 0.490 e. The van der Waals surface area contributed by atoms with Crippen LogP contribution in [0.1, 0.15) is 29.0 Å². The van der Waals surface area contributed by atoms with Gasteiger partial charge in [-0.15, -0.1) is 0 Å². The summed E-state index contributed by atoms with van der Waals surface area (Å²) in [7, 11) is 0. The molecule has 1 N–H and O–H groups in total. The Morgan fingerprint density at radius 3 is 2.61 bits per heavy atom. The van der Waals surface area contributed by atoms with Gasteiger partial charge in [-0.3, -0.25) is 5.43 Å². The summed E-state index contributed by atoms with van der Waals surface area (Å²) in [6, 6.07) is 19.6. The van der Waals surface area contributed by atoms with Gasteiger partial charge in [0.25, 0.3) is 0 Å². The lowest BCUT2D eigenvalue weighted by molar-refractivity contribution is 0.267. The summed E-state index contributed by atoms with van der Waals surface area (Å²) >= 11 is 16.2. The molecule has 3 aromatic carbocycles. The van der Waals surface area contributed by atoms with Crippen LogP contribution in [0.2, 0.25) is 10.0 Å². The average molecular weight is 585 g/mol. The maximum Gasteiger partial charge on any atom is 0.174 e. The van der Waals surface area contributed by atoms with Gasteiger partial charge in [-0.25, -0.2) is 0 Å². The van der Waals surface area contributed by atoms with Crippen LogP contribution in [0, 0.1) is 3.57 Å². The molecular weight excluding hydrogens is 566 g/mol. The highest BCUT2D eigenvalue weighted by molar-refractivity contribution is 14.1. The highest BCUT2D eigenvalue weighted by Crippen LogP contribution is 2.41. The van der Waals surface area contributed by atoms with E-state index in [-0.39, 0.29) is 5.37 Å². The van der Waals surface area contributed by atoms with Crippen molar-refractivity contribution < 1.29 is 9.47 Å². The number of nitrogens with zero attached hydrogens (tertiary/aromatic N) is 1. The Morgan fingerprint density at radius 1 is 1.06 bits per heavy atom. The highest BCUT2D eigenvalue weighted by atomic mass is 127. The molecule has 1 aliphatic rings. The SMILES string of the molecule is CCOc1cc([C@H]2NN=C(c3ccccc3)S2)cc(I)c1OCc1ccc(Cl)cc1Cl. The van der Waals surface area contributed by atoms with E-state index in [2.05, 4.69) is 51.3 Å². The molecule has 0 unspecified atom stereocenters. The summed E-state index contributed by atoms with van der Waals surface area (Å²) in [6.07, 6.45) is 0. The van der Waals surface area contributed by atoms with E-state index in [1.807, 2.05) is 37.3 Å². The van der Waals surface area contributed by atoms with E-state index in [4.69, 9.17) is 32.7 Å². The summed E-state index contributed by atoms with van der Waals surface area (Å²) in [5, 5.41) is 6.66. The van der Waals surface area contributed by atoms with Crippen molar-refractivity contribution in [3.8, 4) is 11.5 Å². The van der Waals surface area contributed by atoms with E-state index >= 15 is 0 Å². The van der Waals surface area contributed by atoms with Crippen LogP contribution in [0.25, 0.3) is 0 Å². The van der Waals surface area contributed by atoms with Gasteiger partial charge in [-0.2, -0.15) is 5.10 Å². The molecule has 31 heavy (non-hydrogen) atoms. The molecule has 3 aromatic rings. The summed E-state index contributed by atoms with van der Waals surface area (Å²) in [4.78, 5) is 0. The Balaban J connectivity index is 1.54. The predicted octanol–water partition coefficient (Wildman–Crippen LogP) is 7.27. The second-order valence-electron chi connectivity index (χ2n) is 6.70. The van der Waals surface area contributed by atoms with E-state index in [1.165, 1.54) is 0 Å². The summed E-state index contributed by atoms with van der Waals surface area (Å²) in [5.41, 5.74) is 6.27. The Morgan fingerprint density at radius 2 is 1.87 bits per heavy atom. The monoisotopic (exact) mass is 584 g/mol. The molecular formula is C23H19Cl2IN2O2S. The van der Waals surface area contributed by atoms with Crippen molar-refractivity contribution in [1.82, 2.24) is 5.43 Å². The maximum atomic E-state index is 6.29.